The molecule has 1 amide bonds. The molecule has 60 valence electrons. The molecule has 1 heterocycles. The molecular weight excluding hydrogens is 266 g/mol. The fraction of sp³-hybridized carbons (Fsp3) is 0. The number of primary amides is 1. The van der Waals surface area contributed by atoms with E-state index in [4.69, 9.17) is 5.73 Å². The number of amides is 1. The normalized spacial score (nSPS) is 10.3. The Labute approximate surface area is 79.6 Å². The van der Waals surface area contributed by atoms with Crippen LogP contribution in [0.4, 0.5) is 0 Å². The van der Waals surface area contributed by atoms with Crippen molar-refractivity contribution in [3.8, 4) is 0 Å². The van der Waals surface area contributed by atoms with Gasteiger partial charge in [0.05, 0.1) is 0 Å². The Balaban J connectivity index is 2.68. The van der Waals surface area contributed by atoms with Crippen molar-refractivity contribution in [3.05, 3.63) is 33.9 Å². The van der Waals surface area contributed by atoms with Crippen molar-refractivity contribution in [2.24, 2.45) is 5.73 Å². The summed E-state index contributed by atoms with van der Waals surface area (Å²) in [5.74, 6) is -0.336. The SMILES string of the molecule is NC(=O)c1ccc2cc[te]c2c1. The molecule has 0 aliphatic carbocycles. The average Bonchev–Trinajstić information content (AvgIpc) is 2.49. The van der Waals surface area contributed by atoms with Gasteiger partial charge in [-0.3, -0.25) is 0 Å². The summed E-state index contributed by atoms with van der Waals surface area (Å²) >= 11 is -0.176. The van der Waals surface area contributed by atoms with E-state index < -0.39 is 0 Å². The fourth-order valence-electron chi connectivity index (χ4n) is 1.11. The molecule has 2 aromatic rings. The number of carbonyl (C=O) groups is 1. The molecule has 0 saturated carbocycles. The van der Waals surface area contributed by atoms with Crippen molar-refractivity contribution in [3.63, 3.8) is 0 Å². The molecule has 0 aliphatic rings. The molecule has 0 saturated heterocycles. The summed E-state index contributed by atoms with van der Waals surface area (Å²) in [5.41, 5.74) is 5.79. The van der Waals surface area contributed by atoms with Crippen molar-refractivity contribution in [2.45, 2.75) is 0 Å². The molecule has 0 fully saturated rings. The average molecular weight is 273 g/mol. The van der Waals surface area contributed by atoms with E-state index in [1.54, 1.807) is 6.07 Å². The second-order valence-corrected chi connectivity index (χ2v) is 5.24. The van der Waals surface area contributed by atoms with Crippen LogP contribution in [0, 0.1) is 0 Å². The number of nitrogens with two attached hydrogens (primary N) is 1. The van der Waals surface area contributed by atoms with Gasteiger partial charge >= 0.3 is 79.6 Å². The van der Waals surface area contributed by atoms with Crippen molar-refractivity contribution in [2.75, 3.05) is 0 Å². The molecule has 1 aromatic carbocycles. The van der Waals surface area contributed by atoms with Gasteiger partial charge in [0.25, 0.3) is 0 Å². The van der Waals surface area contributed by atoms with Gasteiger partial charge in [0.1, 0.15) is 0 Å². The van der Waals surface area contributed by atoms with Gasteiger partial charge in [-0.25, -0.2) is 0 Å². The predicted octanol–water partition coefficient (Wildman–Crippen LogP) is 0.996. The van der Waals surface area contributed by atoms with Gasteiger partial charge in [0, 0.05) is 0 Å². The number of benzene rings is 1. The Morgan fingerprint density at radius 3 is 2.92 bits per heavy atom. The number of fused-ring (bicyclic) bond motifs is 1. The molecule has 1 aromatic heterocycles. The van der Waals surface area contributed by atoms with E-state index in [1.165, 1.54) is 8.79 Å². The molecule has 2 rings (SSSR count). The first kappa shape index (κ1) is 7.85. The van der Waals surface area contributed by atoms with E-state index in [2.05, 4.69) is 10.1 Å². The van der Waals surface area contributed by atoms with Crippen molar-refractivity contribution in [1.82, 2.24) is 0 Å². The molecule has 3 heteroatoms. The summed E-state index contributed by atoms with van der Waals surface area (Å²) in [4.78, 5) is 10.8. The maximum atomic E-state index is 10.8. The monoisotopic (exact) mass is 275 g/mol. The maximum absolute atomic E-state index is 10.8. The van der Waals surface area contributed by atoms with E-state index in [9.17, 15) is 4.79 Å². The third-order valence-electron chi connectivity index (χ3n) is 1.74. The van der Waals surface area contributed by atoms with Crippen LogP contribution >= 0.6 is 0 Å². The quantitative estimate of drug-likeness (QED) is 0.773. The van der Waals surface area contributed by atoms with Gasteiger partial charge in [-0.2, -0.15) is 0 Å². The van der Waals surface area contributed by atoms with Crippen LogP contribution in [0.25, 0.3) is 8.79 Å². The number of carbonyl (C=O) groups excluding carboxylic acids is 1. The molecule has 2 nitrogen and oxygen atoms in total. The van der Waals surface area contributed by atoms with E-state index in [-0.39, 0.29) is 26.3 Å². The van der Waals surface area contributed by atoms with Crippen LogP contribution < -0.4 is 5.73 Å². The van der Waals surface area contributed by atoms with Gasteiger partial charge in [0.15, 0.2) is 0 Å². The molecule has 0 aliphatic heterocycles. The number of hydrogen-bond donors (Lipinski definition) is 1. The summed E-state index contributed by atoms with van der Waals surface area (Å²) in [6.45, 7) is 0. The molecule has 0 atom stereocenters. The number of hydrogen-bond acceptors (Lipinski definition) is 1. The fourth-order valence-corrected chi connectivity index (χ4v) is 3.47. The van der Waals surface area contributed by atoms with Crippen molar-refractivity contribution >= 4 is 35.1 Å². The minimum atomic E-state index is -0.336. The van der Waals surface area contributed by atoms with Crippen molar-refractivity contribution < 1.29 is 4.79 Å². The van der Waals surface area contributed by atoms with Crippen LogP contribution in [0.2, 0.25) is 0 Å². The third-order valence-corrected chi connectivity index (χ3v) is 4.25. The van der Waals surface area contributed by atoms with Crippen LogP contribution in [0.5, 0.6) is 0 Å². The summed E-state index contributed by atoms with van der Waals surface area (Å²) in [6, 6.07) is 7.77. The van der Waals surface area contributed by atoms with Gasteiger partial charge in [-0.05, 0) is 0 Å². The Kier molecular flexibility index (Phi) is 1.92. The second-order valence-electron chi connectivity index (χ2n) is 2.54. The standard InChI is InChI=1S/C9H7NOTe/c10-9(11)7-2-1-6-3-4-12-8(6)5-7/h1-5H,(H2,10,11). The first-order chi connectivity index (χ1) is 5.77. The van der Waals surface area contributed by atoms with Crippen LogP contribution in [0.3, 0.4) is 0 Å². The van der Waals surface area contributed by atoms with Gasteiger partial charge in [-0.1, -0.05) is 0 Å². The Bertz CT molecular complexity index is 433. The Morgan fingerprint density at radius 2 is 2.17 bits per heavy atom. The topological polar surface area (TPSA) is 43.1 Å². The molecular formula is C9H7NOTe. The first-order valence-electron chi connectivity index (χ1n) is 3.54. The predicted molar refractivity (Wildman–Crippen MR) is 49.4 cm³/mol. The summed E-state index contributed by atoms with van der Waals surface area (Å²) in [5, 5.41) is 1.25. The van der Waals surface area contributed by atoms with E-state index in [1.807, 2.05) is 12.1 Å². The van der Waals surface area contributed by atoms with Gasteiger partial charge < -0.3 is 0 Å². The second kappa shape index (κ2) is 2.93. The third kappa shape index (κ3) is 1.26. The Hall–Kier alpha value is -0.780. The van der Waals surface area contributed by atoms with Crippen LogP contribution in [-0.2, 0) is 0 Å². The summed E-state index contributed by atoms with van der Waals surface area (Å²) < 4.78 is 3.53. The molecule has 2 N–H and O–H groups in total. The number of rotatable bonds is 1. The molecule has 0 bridgehead atoms. The molecule has 0 unspecified atom stereocenters. The van der Waals surface area contributed by atoms with Crippen molar-refractivity contribution in [1.29, 1.82) is 0 Å². The first-order valence-corrected chi connectivity index (χ1v) is 6.05. The van der Waals surface area contributed by atoms with E-state index in [0.29, 0.717) is 5.56 Å². The van der Waals surface area contributed by atoms with E-state index >= 15 is 0 Å². The minimum absolute atomic E-state index is 0.176. The summed E-state index contributed by atoms with van der Waals surface area (Å²) in [7, 11) is 0. The van der Waals surface area contributed by atoms with Crippen LogP contribution in [0.15, 0.2) is 28.3 Å². The van der Waals surface area contributed by atoms with E-state index in [0.717, 1.165) is 0 Å². The van der Waals surface area contributed by atoms with Gasteiger partial charge in [-0.15, -0.1) is 0 Å². The molecule has 0 spiro atoms. The molecule has 12 heavy (non-hydrogen) atoms. The van der Waals surface area contributed by atoms with Gasteiger partial charge in [0.2, 0.25) is 0 Å². The van der Waals surface area contributed by atoms with Crippen LogP contribution in [-0.4, -0.2) is 26.3 Å². The molecule has 0 radical (unpaired) electrons. The zero-order chi connectivity index (χ0) is 8.55. The summed E-state index contributed by atoms with van der Waals surface area (Å²) in [6.07, 6.45) is 0. The zero-order valence-corrected chi connectivity index (χ0v) is 8.61. The zero-order valence-electron chi connectivity index (χ0n) is 6.28. The van der Waals surface area contributed by atoms with Crippen LogP contribution in [0.1, 0.15) is 10.4 Å². The Morgan fingerprint density at radius 1 is 1.33 bits per heavy atom.